The van der Waals surface area contributed by atoms with E-state index in [0.717, 1.165) is 56.2 Å². The summed E-state index contributed by atoms with van der Waals surface area (Å²) in [6, 6.07) is 5.26. The van der Waals surface area contributed by atoms with E-state index in [4.69, 9.17) is 0 Å². The van der Waals surface area contributed by atoms with Gasteiger partial charge in [0.1, 0.15) is 11.3 Å². The predicted molar refractivity (Wildman–Crippen MR) is 83.9 cm³/mol. The number of nitrogens with zero attached hydrogens (tertiary/aromatic N) is 2. The molecule has 3 rings (SSSR count). The molecule has 1 saturated heterocycles. The van der Waals surface area contributed by atoms with E-state index in [0.29, 0.717) is 5.52 Å². The summed E-state index contributed by atoms with van der Waals surface area (Å²) in [6.07, 6.45) is 5.67. The smallest absolute Gasteiger partial charge is 0.151 e. The highest BCUT2D eigenvalue weighted by Gasteiger charge is 2.17. The van der Waals surface area contributed by atoms with Gasteiger partial charge in [-0.3, -0.25) is 0 Å². The number of rotatable bonds is 5. The fourth-order valence-electron chi connectivity index (χ4n) is 3.33. The first-order valence-electron chi connectivity index (χ1n) is 8.14. The van der Waals surface area contributed by atoms with E-state index in [1.807, 2.05) is 6.07 Å². The second-order valence-corrected chi connectivity index (χ2v) is 6.02. The van der Waals surface area contributed by atoms with Crippen LogP contribution in [-0.2, 0) is 13.0 Å². The third-order valence-corrected chi connectivity index (χ3v) is 4.49. The van der Waals surface area contributed by atoms with Crippen LogP contribution in [-0.4, -0.2) is 22.6 Å². The molecule has 1 fully saturated rings. The van der Waals surface area contributed by atoms with Gasteiger partial charge in [0.2, 0.25) is 0 Å². The average Bonchev–Trinajstić information content (AvgIpc) is 2.86. The number of piperidine rings is 1. The van der Waals surface area contributed by atoms with Crippen molar-refractivity contribution in [2.75, 3.05) is 13.1 Å². The Labute approximate surface area is 125 Å². The SMILES string of the molecule is CCCn1c(CCC2CCNCC2)nc2c(F)cccc21. The van der Waals surface area contributed by atoms with Gasteiger partial charge in [0.15, 0.2) is 5.82 Å². The molecule has 1 aromatic heterocycles. The van der Waals surface area contributed by atoms with E-state index >= 15 is 0 Å². The van der Waals surface area contributed by atoms with Crippen molar-refractivity contribution in [1.29, 1.82) is 0 Å². The Kier molecular flexibility index (Phi) is 4.54. The van der Waals surface area contributed by atoms with E-state index in [1.165, 1.54) is 18.9 Å². The van der Waals surface area contributed by atoms with E-state index in [1.54, 1.807) is 6.07 Å². The molecule has 0 atom stereocenters. The Hall–Kier alpha value is -1.42. The highest BCUT2D eigenvalue weighted by atomic mass is 19.1. The molecule has 1 N–H and O–H groups in total. The van der Waals surface area contributed by atoms with Crippen molar-refractivity contribution < 1.29 is 4.39 Å². The van der Waals surface area contributed by atoms with Crippen LogP contribution in [0.1, 0.15) is 38.4 Å². The molecule has 0 spiro atoms. The van der Waals surface area contributed by atoms with Crippen LogP contribution < -0.4 is 5.32 Å². The van der Waals surface area contributed by atoms with Crippen molar-refractivity contribution in [2.45, 2.75) is 45.6 Å². The average molecular weight is 289 g/mol. The molecule has 1 aliphatic rings. The maximum absolute atomic E-state index is 13.9. The van der Waals surface area contributed by atoms with Crippen molar-refractivity contribution in [2.24, 2.45) is 5.92 Å². The topological polar surface area (TPSA) is 29.9 Å². The first-order valence-corrected chi connectivity index (χ1v) is 8.14. The van der Waals surface area contributed by atoms with E-state index in [9.17, 15) is 4.39 Å². The molecule has 21 heavy (non-hydrogen) atoms. The van der Waals surface area contributed by atoms with Gasteiger partial charge in [-0.25, -0.2) is 9.37 Å². The van der Waals surface area contributed by atoms with Crippen LogP contribution >= 0.6 is 0 Å². The number of imidazole rings is 1. The Morgan fingerprint density at radius 1 is 1.33 bits per heavy atom. The van der Waals surface area contributed by atoms with Gasteiger partial charge < -0.3 is 9.88 Å². The molecule has 1 aliphatic heterocycles. The Balaban J connectivity index is 1.82. The molecule has 0 unspecified atom stereocenters. The van der Waals surface area contributed by atoms with Gasteiger partial charge in [-0.05, 0) is 56.8 Å². The fraction of sp³-hybridized carbons (Fsp3) is 0.588. The zero-order chi connectivity index (χ0) is 14.7. The van der Waals surface area contributed by atoms with Gasteiger partial charge in [0.05, 0.1) is 5.52 Å². The summed E-state index contributed by atoms with van der Waals surface area (Å²) in [4.78, 5) is 4.59. The van der Waals surface area contributed by atoms with Crippen molar-refractivity contribution >= 4 is 11.0 Å². The summed E-state index contributed by atoms with van der Waals surface area (Å²) in [5.74, 6) is 1.63. The van der Waals surface area contributed by atoms with Crippen LogP contribution in [0.5, 0.6) is 0 Å². The van der Waals surface area contributed by atoms with Crippen LogP contribution in [0.3, 0.4) is 0 Å². The number of nitrogens with one attached hydrogen (secondary N) is 1. The number of para-hydroxylation sites is 1. The second kappa shape index (κ2) is 6.56. The van der Waals surface area contributed by atoms with Crippen LogP contribution in [0, 0.1) is 11.7 Å². The quantitative estimate of drug-likeness (QED) is 0.912. The van der Waals surface area contributed by atoms with Crippen molar-refractivity contribution in [1.82, 2.24) is 14.9 Å². The largest absolute Gasteiger partial charge is 0.328 e. The van der Waals surface area contributed by atoms with Crippen molar-refractivity contribution in [3.05, 3.63) is 29.8 Å². The summed E-state index contributed by atoms with van der Waals surface area (Å²) >= 11 is 0. The van der Waals surface area contributed by atoms with Crippen LogP contribution in [0.15, 0.2) is 18.2 Å². The Morgan fingerprint density at radius 3 is 2.90 bits per heavy atom. The minimum atomic E-state index is -0.203. The second-order valence-electron chi connectivity index (χ2n) is 6.02. The lowest BCUT2D eigenvalue weighted by molar-refractivity contribution is 0.351. The molecule has 3 nitrogen and oxygen atoms in total. The maximum Gasteiger partial charge on any atom is 0.151 e. The molecule has 0 amide bonds. The zero-order valence-electron chi connectivity index (χ0n) is 12.7. The third-order valence-electron chi connectivity index (χ3n) is 4.49. The Bertz CT molecular complexity index is 599. The normalized spacial score (nSPS) is 16.7. The molecule has 4 heteroatoms. The first-order chi connectivity index (χ1) is 10.3. The van der Waals surface area contributed by atoms with Gasteiger partial charge in [0, 0.05) is 13.0 Å². The van der Waals surface area contributed by atoms with Crippen molar-refractivity contribution in [3.63, 3.8) is 0 Å². The number of benzene rings is 1. The lowest BCUT2D eigenvalue weighted by atomic mass is 9.93. The van der Waals surface area contributed by atoms with E-state index < -0.39 is 0 Å². The lowest BCUT2D eigenvalue weighted by Gasteiger charge is -2.22. The summed E-state index contributed by atoms with van der Waals surface area (Å²) in [5.41, 5.74) is 1.48. The predicted octanol–water partition coefficient (Wildman–Crippen LogP) is 3.52. The standard InChI is InChI=1S/C17H24FN3/c1-2-12-21-15-5-3-4-14(18)17(15)20-16(21)7-6-13-8-10-19-11-9-13/h3-5,13,19H,2,6-12H2,1H3. The first kappa shape index (κ1) is 14.5. The van der Waals surface area contributed by atoms with Crippen LogP contribution in [0.2, 0.25) is 0 Å². The number of fused-ring (bicyclic) bond motifs is 1. The van der Waals surface area contributed by atoms with Crippen LogP contribution in [0.25, 0.3) is 11.0 Å². The monoisotopic (exact) mass is 289 g/mol. The summed E-state index contributed by atoms with van der Waals surface area (Å²) in [7, 11) is 0. The van der Waals surface area contributed by atoms with Crippen molar-refractivity contribution in [3.8, 4) is 0 Å². The molecule has 0 radical (unpaired) electrons. The molecular weight excluding hydrogens is 265 g/mol. The number of halogens is 1. The van der Waals surface area contributed by atoms with Gasteiger partial charge in [-0.1, -0.05) is 13.0 Å². The third kappa shape index (κ3) is 3.10. The number of aryl methyl sites for hydroxylation is 2. The minimum Gasteiger partial charge on any atom is -0.328 e. The van der Waals surface area contributed by atoms with Gasteiger partial charge in [-0.2, -0.15) is 0 Å². The highest BCUT2D eigenvalue weighted by Crippen LogP contribution is 2.23. The molecule has 2 heterocycles. The lowest BCUT2D eigenvalue weighted by Crippen LogP contribution is -2.28. The van der Waals surface area contributed by atoms with Gasteiger partial charge in [0.25, 0.3) is 0 Å². The summed E-state index contributed by atoms with van der Waals surface area (Å²) in [5, 5.41) is 3.40. The molecule has 1 aromatic carbocycles. The zero-order valence-corrected chi connectivity index (χ0v) is 12.7. The molecule has 0 saturated carbocycles. The van der Waals surface area contributed by atoms with E-state index in [-0.39, 0.29) is 5.82 Å². The Morgan fingerprint density at radius 2 is 2.14 bits per heavy atom. The van der Waals surface area contributed by atoms with Crippen LogP contribution in [0.4, 0.5) is 4.39 Å². The molecular formula is C17H24FN3. The van der Waals surface area contributed by atoms with Gasteiger partial charge in [-0.15, -0.1) is 0 Å². The van der Waals surface area contributed by atoms with Gasteiger partial charge >= 0.3 is 0 Å². The van der Waals surface area contributed by atoms with E-state index in [2.05, 4.69) is 21.8 Å². The molecule has 0 aliphatic carbocycles. The molecule has 2 aromatic rings. The highest BCUT2D eigenvalue weighted by molar-refractivity contribution is 5.76. The summed E-state index contributed by atoms with van der Waals surface area (Å²) < 4.78 is 16.1. The minimum absolute atomic E-state index is 0.203. The fourth-order valence-corrected chi connectivity index (χ4v) is 3.33. The number of aromatic nitrogens is 2. The maximum atomic E-state index is 13.9. The molecule has 114 valence electrons. The number of hydrogen-bond acceptors (Lipinski definition) is 2. The molecule has 0 bridgehead atoms. The number of hydrogen-bond donors (Lipinski definition) is 1. The summed E-state index contributed by atoms with van der Waals surface area (Å²) in [6.45, 7) is 5.33.